The van der Waals surface area contributed by atoms with Crippen molar-refractivity contribution >= 4 is 11.7 Å². The van der Waals surface area contributed by atoms with E-state index >= 15 is 0 Å². The number of anilines is 1. The third-order valence-corrected chi connectivity index (χ3v) is 4.57. The third-order valence-electron chi connectivity index (χ3n) is 4.57. The van der Waals surface area contributed by atoms with E-state index in [0.717, 1.165) is 18.8 Å². The van der Waals surface area contributed by atoms with Crippen LogP contribution < -0.4 is 10.6 Å². The summed E-state index contributed by atoms with van der Waals surface area (Å²) < 4.78 is 7.12. The van der Waals surface area contributed by atoms with Gasteiger partial charge in [-0.25, -0.2) is 19.4 Å². The van der Waals surface area contributed by atoms with Gasteiger partial charge in [0.1, 0.15) is 18.4 Å². The first-order valence-corrected chi connectivity index (χ1v) is 8.93. The van der Waals surface area contributed by atoms with Gasteiger partial charge < -0.3 is 15.1 Å². The van der Waals surface area contributed by atoms with Crippen LogP contribution in [0.25, 0.3) is 5.82 Å². The van der Waals surface area contributed by atoms with Crippen LogP contribution >= 0.6 is 0 Å². The molecule has 9 heteroatoms. The quantitative estimate of drug-likeness (QED) is 0.693. The number of carbonyl (C=O) groups is 1. The zero-order valence-electron chi connectivity index (χ0n) is 14.8. The van der Waals surface area contributed by atoms with Gasteiger partial charge >= 0.3 is 6.03 Å². The van der Waals surface area contributed by atoms with Crippen LogP contribution in [0.15, 0.2) is 53.8 Å². The molecule has 9 nitrogen and oxygen atoms in total. The molecule has 2 amide bonds. The van der Waals surface area contributed by atoms with Crippen LogP contribution in [0.4, 0.5) is 10.5 Å². The number of amides is 2. The van der Waals surface area contributed by atoms with E-state index in [1.54, 1.807) is 35.6 Å². The second-order valence-electron chi connectivity index (χ2n) is 6.35. The molecule has 0 aliphatic carbocycles. The van der Waals surface area contributed by atoms with Crippen molar-refractivity contribution in [3.8, 4) is 5.82 Å². The van der Waals surface area contributed by atoms with Crippen LogP contribution in [0.1, 0.15) is 24.6 Å². The van der Waals surface area contributed by atoms with Crippen molar-refractivity contribution in [1.82, 2.24) is 30.0 Å². The predicted octanol–water partition coefficient (Wildman–Crippen LogP) is 2.21. The minimum Gasteiger partial charge on any atom is -0.468 e. The molecule has 0 saturated carbocycles. The lowest BCUT2D eigenvalue weighted by atomic mass is 10.2. The summed E-state index contributed by atoms with van der Waals surface area (Å²) in [5.74, 6) is 1.50. The van der Waals surface area contributed by atoms with Crippen LogP contribution in [0.5, 0.6) is 0 Å². The van der Waals surface area contributed by atoms with E-state index in [0.29, 0.717) is 18.1 Å². The van der Waals surface area contributed by atoms with E-state index in [4.69, 9.17) is 4.42 Å². The van der Waals surface area contributed by atoms with Gasteiger partial charge in [-0.05, 0) is 50.2 Å². The Morgan fingerprint density at radius 2 is 2.15 bits per heavy atom. The van der Waals surface area contributed by atoms with Crippen molar-refractivity contribution in [2.75, 3.05) is 25.0 Å². The maximum Gasteiger partial charge on any atom is 0.319 e. The normalized spacial score (nSPS) is 15.6. The fourth-order valence-electron chi connectivity index (χ4n) is 3.23. The fourth-order valence-corrected chi connectivity index (χ4v) is 3.23. The lowest BCUT2D eigenvalue weighted by Gasteiger charge is -2.26. The van der Waals surface area contributed by atoms with Crippen molar-refractivity contribution in [2.24, 2.45) is 0 Å². The Morgan fingerprint density at radius 3 is 2.81 bits per heavy atom. The molecule has 0 unspecified atom stereocenters. The van der Waals surface area contributed by atoms with Crippen LogP contribution in [0.3, 0.4) is 0 Å². The largest absolute Gasteiger partial charge is 0.468 e. The van der Waals surface area contributed by atoms with E-state index in [9.17, 15) is 4.79 Å². The number of nitrogens with zero attached hydrogens (tertiary/aromatic N) is 5. The van der Waals surface area contributed by atoms with Gasteiger partial charge in [0.2, 0.25) is 0 Å². The molecular weight excluding hydrogens is 346 g/mol. The second kappa shape index (κ2) is 8.00. The molecule has 1 aliphatic heterocycles. The van der Waals surface area contributed by atoms with Crippen molar-refractivity contribution in [2.45, 2.75) is 18.9 Å². The highest BCUT2D eigenvalue weighted by Crippen LogP contribution is 2.24. The van der Waals surface area contributed by atoms with Gasteiger partial charge in [0, 0.05) is 6.54 Å². The van der Waals surface area contributed by atoms with Gasteiger partial charge in [0.05, 0.1) is 24.2 Å². The molecule has 1 saturated heterocycles. The molecular formula is C18H21N7O2. The standard InChI is InChI=1S/C18H21N7O2/c26-18(23-14-5-6-17(20-10-14)25-13-19-12-22-25)21-11-15(16-4-3-9-27-16)24-7-1-2-8-24/h3-6,9-10,12-13,15H,1-2,7-8,11H2,(H2,21,23,26)/t15-/m1/s1. The smallest absolute Gasteiger partial charge is 0.319 e. The number of pyridine rings is 1. The summed E-state index contributed by atoms with van der Waals surface area (Å²) >= 11 is 0. The molecule has 140 valence electrons. The number of carbonyl (C=O) groups excluding carboxylic acids is 1. The molecule has 3 aromatic heterocycles. The van der Waals surface area contributed by atoms with Crippen molar-refractivity contribution in [1.29, 1.82) is 0 Å². The number of rotatable bonds is 6. The minimum atomic E-state index is -0.277. The molecule has 1 fully saturated rings. The molecule has 0 aromatic carbocycles. The highest BCUT2D eigenvalue weighted by molar-refractivity contribution is 5.89. The SMILES string of the molecule is O=C(NC[C@H](c1ccco1)N1CCCC1)Nc1ccc(-n2cncn2)nc1. The Labute approximate surface area is 156 Å². The topological polar surface area (TPSA) is 101 Å². The molecule has 2 N–H and O–H groups in total. The van der Waals surface area contributed by atoms with Crippen molar-refractivity contribution in [3.05, 3.63) is 55.1 Å². The highest BCUT2D eigenvalue weighted by Gasteiger charge is 2.25. The summed E-state index contributed by atoms with van der Waals surface area (Å²) in [6.45, 7) is 2.51. The molecule has 3 aromatic rings. The number of likely N-dealkylation sites (tertiary alicyclic amines) is 1. The van der Waals surface area contributed by atoms with E-state index in [1.165, 1.54) is 19.2 Å². The fraction of sp³-hybridized carbons (Fsp3) is 0.333. The van der Waals surface area contributed by atoms with Crippen molar-refractivity contribution < 1.29 is 9.21 Å². The van der Waals surface area contributed by atoms with Gasteiger partial charge in [-0.1, -0.05) is 0 Å². The molecule has 1 aliphatic rings. The predicted molar refractivity (Wildman–Crippen MR) is 98.4 cm³/mol. The van der Waals surface area contributed by atoms with Gasteiger partial charge in [0.15, 0.2) is 5.82 Å². The van der Waals surface area contributed by atoms with E-state index in [1.807, 2.05) is 12.1 Å². The minimum absolute atomic E-state index is 0.0427. The van der Waals surface area contributed by atoms with Gasteiger partial charge in [-0.2, -0.15) is 5.10 Å². The first kappa shape index (κ1) is 17.2. The molecule has 4 heterocycles. The second-order valence-corrected chi connectivity index (χ2v) is 6.35. The molecule has 1 atom stereocenters. The molecule has 27 heavy (non-hydrogen) atoms. The maximum absolute atomic E-state index is 12.3. The van der Waals surface area contributed by atoms with E-state index < -0.39 is 0 Å². The number of furan rings is 1. The molecule has 0 bridgehead atoms. The van der Waals surface area contributed by atoms with Gasteiger partial charge in [-0.3, -0.25) is 4.90 Å². The Bertz CT molecular complexity index is 840. The Morgan fingerprint density at radius 1 is 1.26 bits per heavy atom. The number of hydrogen-bond donors (Lipinski definition) is 2. The zero-order valence-corrected chi connectivity index (χ0v) is 14.8. The first-order valence-electron chi connectivity index (χ1n) is 8.93. The Balaban J connectivity index is 1.34. The summed E-state index contributed by atoms with van der Waals surface area (Å²) in [5, 5.41) is 9.75. The number of hydrogen-bond acceptors (Lipinski definition) is 6. The van der Waals surface area contributed by atoms with E-state index in [2.05, 4.69) is 30.6 Å². The maximum atomic E-state index is 12.3. The van der Waals surface area contributed by atoms with Crippen LogP contribution in [-0.4, -0.2) is 50.3 Å². The van der Waals surface area contributed by atoms with Crippen LogP contribution in [0, 0.1) is 0 Å². The average Bonchev–Trinajstić information content (AvgIpc) is 3.45. The summed E-state index contributed by atoms with van der Waals surface area (Å²) in [5.41, 5.74) is 0.604. The average molecular weight is 367 g/mol. The van der Waals surface area contributed by atoms with Crippen LogP contribution in [0.2, 0.25) is 0 Å². The molecule has 4 rings (SSSR count). The summed E-state index contributed by atoms with van der Waals surface area (Å²) in [6, 6.07) is 7.13. The van der Waals surface area contributed by atoms with Crippen LogP contribution in [-0.2, 0) is 0 Å². The summed E-state index contributed by atoms with van der Waals surface area (Å²) in [7, 11) is 0. The zero-order chi connectivity index (χ0) is 18.5. The first-order chi connectivity index (χ1) is 13.3. The van der Waals surface area contributed by atoms with Crippen molar-refractivity contribution in [3.63, 3.8) is 0 Å². The summed E-state index contributed by atoms with van der Waals surface area (Å²) in [4.78, 5) is 22.8. The molecule has 0 spiro atoms. The third kappa shape index (κ3) is 4.14. The monoisotopic (exact) mass is 367 g/mol. The number of nitrogens with one attached hydrogen (secondary N) is 2. The Hall–Kier alpha value is -3.20. The molecule has 0 radical (unpaired) electrons. The summed E-state index contributed by atoms with van der Waals surface area (Å²) in [6.07, 6.45) is 8.61. The Kier molecular flexibility index (Phi) is 5.10. The lowest BCUT2D eigenvalue weighted by molar-refractivity contribution is 0.207. The lowest BCUT2D eigenvalue weighted by Crippen LogP contribution is -2.38. The number of urea groups is 1. The van der Waals surface area contributed by atoms with E-state index in [-0.39, 0.29) is 12.1 Å². The highest BCUT2D eigenvalue weighted by atomic mass is 16.3. The number of aromatic nitrogens is 4. The van der Waals surface area contributed by atoms with Gasteiger partial charge in [-0.15, -0.1) is 0 Å². The van der Waals surface area contributed by atoms with Gasteiger partial charge in [0.25, 0.3) is 0 Å².